The second kappa shape index (κ2) is 5.81. The van der Waals surface area contributed by atoms with Crippen LogP contribution in [0, 0.1) is 5.82 Å². The molecule has 112 valence electrons. The molecule has 2 nitrogen and oxygen atoms in total. The van der Waals surface area contributed by atoms with Crippen molar-refractivity contribution in [2.45, 2.75) is 25.6 Å². The van der Waals surface area contributed by atoms with Gasteiger partial charge in [-0.2, -0.15) is 13.2 Å². The molecule has 1 aromatic heterocycles. The average Bonchev–Trinajstić information content (AvgIpc) is 2.45. The zero-order valence-electron chi connectivity index (χ0n) is 11.3. The van der Waals surface area contributed by atoms with E-state index in [2.05, 4.69) is 4.98 Å². The van der Waals surface area contributed by atoms with Crippen LogP contribution in [0.2, 0.25) is 0 Å². The van der Waals surface area contributed by atoms with Gasteiger partial charge in [0.05, 0.1) is 17.3 Å². The minimum absolute atomic E-state index is 0.258. The molecule has 0 bridgehead atoms. The average molecular weight is 298 g/mol. The quantitative estimate of drug-likeness (QED) is 0.874. The SMILES string of the molecule is CCc1cccnc1C(N)c1ccc(C(F)(F)F)c(F)c1. The van der Waals surface area contributed by atoms with Crippen molar-refractivity contribution in [1.29, 1.82) is 0 Å². The molecule has 0 aliphatic heterocycles. The lowest BCUT2D eigenvalue weighted by Gasteiger charge is -2.16. The lowest BCUT2D eigenvalue weighted by Crippen LogP contribution is -2.17. The normalized spacial score (nSPS) is 13.2. The Morgan fingerprint density at radius 1 is 1.24 bits per heavy atom. The summed E-state index contributed by atoms with van der Waals surface area (Å²) in [6, 6.07) is 5.54. The molecule has 0 radical (unpaired) electrons. The summed E-state index contributed by atoms with van der Waals surface area (Å²) in [5, 5.41) is 0. The van der Waals surface area contributed by atoms with Gasteiger partial charge in [-0.25, -0.2) is 4.39 Å². The van der Waals surface area contributed by atoms with E-state index in [4.69, 9.17) is 5.73 Å². The summed E-state index contributed by atoms with van der Waals surface area (Å²) in [5.74, 6) is -1.33. The van der Waals surface area contributed by atoms with Crippen LogP contribution >= 0.6 is 0 Å². The third-order valence-electron chi connectivity index (χ3n) is 3.26. The van der Waals surface area contributed by atoms with E-state index in [9.17, 15) is 17.6 Å². The fourth-order valence-corrected chi connectivity index (χ4v) is 2.14. The summed E-state index contributed by atoms with van der Waals surface area (Å²) >= 11 is 0. The Bertz CT molecular complexity index is 638. The molecule has 6 heteroatoms. The number of aromatic nitrogens is 1. The number of pyridine rings is 1. The van der Waals surface area contributed by atoms with Crippen LogP contribution in [0.5, 0.6) is 0 Å². The minimum atomic E-state index is -4.72. The van der Waals surface area contributed by atoms with Gasteiger partial charge in [0, 0.05) is 6.20 Å². The number of hydrogen-bond donors (Lipinski definition) is 1. The first kappa shape index (κ1) is 15.4. The third kappa shape index (κ3) is 3.21. The van der Waals surface area contributed by atoms with Crippen molar-refractivity contribution in [3.8, 4) is 0 Å². The number of rotatable bonds is 3. The van der Waals surface area contributed by atoms with Crippen LogP contribution in [0.4, 0.5) is 17.6 Å². The summed E-state index contributed by atoms with van der Waals surface area (Å²) in [6.45, 7) is 1.92. The fourth-order valence-electron chi connectivity index (χ4n) is 2.14. The molecule has 0 aliphatic carbocycles. The van der Waals surface area contributed by atoms with Crippen molar-refractivity contribution in [2.24, 2.45) is 5.73 Å². The van der Waals surface area contributed by atoms with Crippen LogP contribution in [0.1, 0.15) is 35.3 Å². The van der Waals surface area contributed by atoms with Gasteiger partial charge in [0.1, 0.15) is 5.82 Å². The van der Waals surface area contributed by atoms with Crippen molar-refractivity contribution in [3.63, 3.8) is 0 Å². The van der Waals surface area contributed by atoms with E-state index < -0.39 is 23.6 Å². The summed E-state index contributed by atoms with van der Waals surface area (Å²) in [6.07, 6.45) is -2.49. The van der Waals surface area contributed by atoms with Crippen molar-refractivity contribution < 1.29 is 17.6 Å². The Hall–Kier alpha value is -1.95. The van der Waals surface area contributed by atoms with Gasteiger partial charge in [-0.3, -0.25) is 4.98 Å². The van der Waals surface area contributed by atoms with Gasteiger partial charge in [0.2, 0.25) is 0 Å². The van der Waals surface area contributed by atoms with Gasteiger partial charge in [-0.05, 0) is 35.7 Å². The topological polar surface area (TPSA) is 38.9 Å². The highest BCUT2D eigenvalue weighted by molar-refractivity contribution is 5.35. The van der Waals surface area contributed by atoms with Gasteiger partial charge < -0.3 is 5.73 Å². The molecule has 1 heterocycles. The maximum absolute atomic E-state index is 13.6. The van der Waals surface area contributed by atoms with Crippen LogP contribution in [0.25, 0.3) is 0 Å². The smallest absolute Gasteiger partial charge is 0.319 e. The van der Waals surface area contributed by atoms with Crippen LogP contribution in [0.3, 0.4) is 0 Å². The molecule has 0 saturated heterocycles. The summed E-state index contributed by atoms with van der Waals surface area (Å²) in [4.78, 5) is 4.16. The number of benzene rings is 1. The molecule has 21 heavy (non-hydrogen) atoms. The van der Waals surface area contributed by atoms with Gasteiger partial charge in [0.25, 0.3) is 0 Å². The Morgan fingerprint density at radius 3 is 2.52 bits per heavy atom. The lowest BCUT2D eigenvalue weighted by atomic mass is 9.98. The summed E-state index contributed by atoms with van der Waals surface area (Å²) < 4.78 is 51.2. The van der Waals surface area contributed by atoms with Gasteiger partial charge in [-0.1, -0.05) is 19.1 Å². The molecule has 0 amide bonds. The van der Waals surface area contributed by atoms with Gasteiger partial charge >= 0.3 is 6.18 Å². The number of alkyl halides is 3. The Labute approximate surface area is 119 Å². The molecule has 1 atom stereocenters. The van der Waals surface area contributed by atoms with Gasteiger partial charge in [0.15, 0.2) is 0 Å². The highest BCUT2D eigenvalue weighted by Gasteiger charge is 2.34. The first-order valence-electron chi connectivity index (χ1n) is 6.40. The number of halogens is 4. The Morgan fingerprint density at radius 2 is 1.95 bits per heavy atom. The predicted molar refractivity (Wildman–Crippen MR) is 71.0 cm³/mol. The molecule has 1 aromatic carbocycles. The summed E-state index contributed by atoms with van der Waals surface area (Å²) in [5.41, 5.74) is 6.39. The molecule has 0 aliphatic rings. The first-order valence-corrected chi connectivity index (χ1v) is 6.40. The van der Waals surface area contributed by atoms with Crippen LogP contribution in [-0.2, 0) is 12.6 Å². The first-order chi connectivity index (χ1) is 9.84. The highest BCUT2D eigenvalue weighted by atomic mass is 19.4. The van der Waals surface area contributed by atoms with E-state index in [0.29, 0.717) is 18.2 Å². The maximum atomic E-state index is 13.6. The monoisotopic (exact) mass is 298 g/mol. The molecular formula is C15H14F4N2. The van der Waals surface area contributed by atoms with Crippen LogP contribution < -0.4 is 5.73 Å². The molecule has 1 unspecified atom stereocenters. The molecule has 0 spiro atoms. The summed E-state index contributed by atoms with van der Waals surface area (Å²) in [7, 11) is 0. The van der Waals surface area contributed by atoms with E-state index in [1.807, 2.05) is 13.0 Å². The lowest BCUT2D eigenvalue weighted by molar-refractivity contribution is -0.140. The fraction of sp³-hybridized carbons (Fsp3) is 0.267. The van der Waals surface area contributed by atoms with Crippen molar-refractivity contribution >= 4 is 0 Å². The van der Waals surface area contributed by atoms with E-state index in [0.717, 1.165) is 11.6 Å². The molecule has 0 saturated carbocycles. The molecule has 2 aromatic rings. The number of nitrogens with zero attached hydrogens (tertiary/aromatic N) is 1. The molecule has 2 N–H and O–H groups in total. The highest BCUT2D eigenvalue weighted by Crippen LogP contribution is 2.33. The van der Waals surface area contributed by atoms with E-state index in [1.165, 1.54) is 6.07 Å². The second-order valence-corrected chi connectivity index (χ2v) is 4.62. The zero-order chi connectivity index (χ0) is 15.6. The standard InChI is InChI=1S/C15H14F4N2/c1-2-9-4-3-7-21-14(9)13(20)10-5-6-11(12(16)8-10)15(17,18)19/h3-8,13H,2,20H2,1H3. The Kier molecular flexibility index (Phi) is 4.27. The van der Waals surface area contributed by atoms with E-state index in [-0.39, 0.29) is 5.56 Å². The largest absolute Gasteiger partial charge is 0.419 e. The molecular weight excluding hydrogens is 284 g/mol. The number of nitrogens with two attached hydrogens (primary N) is 1. The van der Waals surface area contributed by atoms with Gasteiger partial charge in [-0.15, -0.1) is 0 Å². The number of hydrogen-bond acceptors (Lipinski definition) is 2. The van der Waals surface area contributed by atoms with Crippen molar-refractivity contribution in [3.05, 3.63) is 64.7 Å². The third-order valence-corrected chi connectivity index (χ3v) is 3.26. The van der Waals surface area contributed by atoms with Crippen molar-refractivity contribution in [2.75, 3.05) is 0 Å². The maximum Gasteiger partial charge on any atom is 0.419 e. The van der Waals surface area contributed by atoms with Crippen LogP contribution in [-0.4, -0.2) is 4.98 Å². The van der Waals surface area contributed by atoms with Crippen LogP contribution in [0.15, 0.2) is 36.5 Å². The zero-order valence-corrected chi connectivity index (χ0v) is 11.3. The van der Waals surface area contributed by atoms with E-state index >= 15 is 0 Å². The van der Waals surface area contributed by atoms with Crippen molar-refractivity contribution in [1.82, 2.24) is 4.98 Å². The molecule has 0 fully saturated rings. The number of aryl methyl sites for hydroxylation is 1. The Balaban J connectivity index is 2.41. The molecule has 2 rings (SSSR count). The second-order valence-electron chi connectivity index (χ2n) is 4.62. The minimum Gasteiger partial charge on any atom is -0.319 e. The van der Waals surface area contributed by atoms with E-state index in [1.54, 1.807) is 12.3 Å². The predicted octanol–water partition coefficient (Wildman–Crippen LogP) is 3.85.